The van der Waals surface area contributed by atoms with Crippen molar-refractivity contribution in [2.45, 2.75) is 36.9 Å². The number of aromatic amines is 1. The first kappa shape index (κ1) is 19.3. The van der Waals surface area contributed by atoms with Crippen LogP contribution >= 0.6 is 11.3 Å². The number of H-pyrrole nitrogens is 1. The molecule has 0 radical (unpaired) electrons. The molecule has 1 N–H and O–H groups in total. The third-order valence-corrected chi connectivity index (χ3v) is 7.56. The largest absolute Gasteiger partial charge is 0.432 e. The number of hydrogen-bond donors (Lipinski definition) is 1. The van der Waals surface area contributed by atoms with Crippen molar-refractivity contribution in [1.82, 2.24) is 14.5 Å². The molecule has 2 aromatic heterocycles. The highest BCUT2D eigenvalue weighted by Crippen LogP contribution is 2.37. The third kappa shape index (κ3) is 3.53. The van der Waals surface area contributed by atoms with Gasteiger partial charge in [0, 0.05) is 24.6 Å². The number of aromatic nitrogens is 2. The van der Waals surface area contributed by atoms with Gasteiger partial charge in [0.25, 0.3) is 0 Å². The highest BCUT2D eigenvalue weighted by molar-refractivity contribution is 7.89. The lowest BCUT2D eigenvalue weighted by atomic mass is 10.2. The fraction of sp³-hybridized carbons (Fsp3) is 0.533. The van der Waals surface area contributed by atoms with Crippen molar-refractivity contribution in [3.63, 3.8) is 0 Å². The van der Waals surface area contributed by atoms with Gasteiger partial charge in [0.15, 0.2) is 0 Å². The van der Waals surface area contributed by atoms with Crippen LogP contribution in [-0.4, -0.2) is 49.2 Å². The molecule has 0 bridgehead atoms. The number of rotatable bonds is 5. The lowest BCUT2D eigenvalue weighted by molar-refractivity contribution is -0.141. The zero-order chi connectivity index (χ0) is 19.1. The van der Waals surface area contributed by atoms with Gasteiger partial charge in [-0.1, -0.05) is 0 Å². The number of methoxy groups -OCH3 is 1. The molecule has 0 aromatic carbocycles. The summed E-state index contributed by atoms with van der Waals surface area (Å²) < 4.78 is 70.7. The molecule has 1 aliphatic rings. The Labute approximate surface area is 153 Å². The standard InChI is InChI=1S/C15H18F3N3O3S2/c1-9-13(26(22,23)21-5-3-4-10(21)8-24-2)7-12(25-9)11-6-14(20-19-11)15(16,17)18/h6-7,10H,3-5,8H2,1-2H3,(H,19,20)/t10-/m0/s1. The summed E-state index contributed by atoms with van der Waals surface area (Å²) in [7, 11) is -2.23. The van der Waals surface area contributed by atoms with Gasteiger partial charge in [0.1, 0.15) is 11.4 Å². The quantitative estimate of drug-likeness (QED) is 0.823. The Kier molecular flexibility index (Phi) is 5.17. The van der Waals surface area contributed by atoms with Gasteiger partial charge in [-0.2, -0.15) is 22.6 Å². The van der Waals surface area contributed by atoms with Crippen LogP contribution in [0.2, 0.25) is 0 Å². The first-order valence-corrected chi connectivity index (χ1v) is 10.1. The second-order valence-corrected chi connectivity index (χ2v) is 9.18. The maximum atomic E-state index is 13.0. The first-order chi connectivity index (χ1) is 12.1. The molecule has 0 unspecified atom stereocenters. The molecule has 0 saturated carbocycles. The van der Waals surface area contributed by atoms with Gasteiger partial charge in [-0.25, -0.2) is 8.42 Å². The highest BCUT2D eigenvalue weighted by Gasteiger charge is 2.37. The van der Waals surface area contributed by atoms with Gasteiger partial charge >= 0.3 is 6.18 Å². The molecule has 144 valence electrons. The number of thiophene rings is 1. The lowest BCUT2D eigenvalue weighted by Crippen LogP contribution is -2.38. The molecule has 2 aromatic rings. The predicted octanol–water partition coefficient (Wildman–Crippen LogP) is 3.26. The number of nitrogens with zero attached hydrogens (tertiary/aromatic N) is 2. The molecule has 0 aliphatic carbocycles. The Bertz CT molecular complexity index is 890. The zero-order valence-corrected chi connectivity index (χ0v) is 15.8. The van der Waals surface area contributed by atoms with Crippen LogP contribution in [0.3, 0.4) is 0 Å². The molecule has 6 nitrogen and oxygen atoms in total. The van der Waals surface area contributed by atoms with Crippen molar-refractivity contribution in [3.8, 4) is 10.6 Å². The summed E-state index contributed by atoms with van der Waals surface area (Å²) in [5.41, 5.74) is -0.899. The maximum Gasteiger partial charge on any atom is 0.432 e. The van der Waals surface area contributed by atoms with Crippen LogP contribution in [-0.2, 0) is 20.9 Å². The Balaban J connectivity index is 1.94. The van der Waals surface area contributed by atoms with E-state index in [1.165, 1.54) is 17.5 Å². The van der Waals surface area contributed by atoms with Crippen LogP contribution in [0, 0.1) is 6.92 Å². The molecule has 3 rings (SSSR count). The summed E-state index contributed by atoms with van der Waals surface area (Å²) in [4.78, 5) is 0.993. The summed E-state index contributed by atoms with van der Waals surface area (Å²) >= 11 is 1.10. The fourth-order valence-corrected chi connectivity index (χ4v) is 6.25. The Morgan fingerprint density at radius 3 is 2.77 bits per heavy atom. The van der Waals surface area contributed by atoms with Gasteiger partial charge < -0.3 is 4.74 Å². The van der Waals surface area contributed by atoms with E-state index in [2.05, 4.69) is 5.10 Å². The average Bonchev–Trinajstić information content (AvgIpc) is 3.24. The second kappa shape index (κ2) is 6.95. The van der Waals surface area contributed by atoms with Gasteiger partial charge in [0.2, 0.25) is 10.0 Å². The topological polar surface area (TPSA) is 75.3 Å². The van der Waals surface area contributed by atoms with E-state index in [0.717, 1.165) is 30.2 Å². The minimum absolute atomic E-state index is 0.0711. The lowest BCUT2D eigenvalue weighted by Gasteiger charge is -2.23. The van der Waals surface area contributed by atoms with Crippen LogP contribution < -0.4 is 0 Å². The Morgan fingerprint density at radius 1 is 1.42 bits per heavy atom. The van der Waals surface area contributed by atoms with Gasteiger partial charge in [-0.15, -0.1) is 11.3 Å². The average molecular weight is 409 g/mol. The maximum absolute atomic E-state index is 13.0. The highest BCUT2D eigenvalue weighted by atomic mass is 32.2. The molecular formula is C15H18F3N3O3S2. The predicted molar refractivity (Wildman–Crippen MR) is 90.4 cm³/mol. The van der Waals surface area contributed by atoms with Crippen molar-refractivity contribution in [1.29, 1.82) is 0 Å². The summed E-state index contributed by atoms with van der Waals surface area (Å²) in [6.45, 7) is 2.35. The van der Waals surface area contributed by atoms with E-state index in [1.807, 2.05) is 5.10 Å². The van der Waals surface area contributed by atoms with Crippen molar-refractivity contribution < 1.29 is 26.3 Å². The van der Waals surface area contributed by atoms with Gasteiger partial charge in [-0.05, 0) is 31.9 Å². The number of alkyl halides is 3. The molecule has 1 atom stereocenters. The van der Waals surface area contributed by atoms with Crippen LogP contribution in [0.5, 0.6) is 0 Å². The molecule has 1 fully saturated rings. The van der Waals surface area contributed by atoms with Crippen LogP contribution in [0.25, 0.3) is 10.6 Å². The van der Waals surface area contributed by atoms with E-state index in [-0.39, 0.29) is 16.6 Å². The molecule has 1 saturated heterocycles. The summed E-state index contributed by atoms with van der Waals surface area (Å²) in [5, 5.41) is 5.61. The van der Waals surface area contributed by atoms with Crippen molar-refractivity contribution in [2.75, 3.05) is 20.3 Å². The van der Waals surface area contributed by atoms with Crippen molar-refractivity contribution in [2.24, 2.45) is 0 Å². The number of aryl methyl sites for hydroxylation is 1. The molecule has 1 aliphatic heterocycles. The molecular weight excluding hydrogens is 391 g/mol. The van der Waals surface area contributed by atoms with Crippen LogP contribution in [0.1, 0.15) is 23.4 Å². The number of hydrogen-bond acceptors (Lipinski definition) is 5. The van der Waals surface area contributed by atoms with E-state index >= 15 is 0 Å². The molecule has 3 heterocycles. The monoisotopic (exact) mass is 409 g/mol. The minimum atomic E-state index is -4.53. The number of sulfonamides is 1. The van der Waals surface area contributed by atoms with E-state index < -0.39 is 21.9 Å². The SMILES string of the molecule is COC[C@@H]1CCCN1S(=O)(=O)c1cc(-c2cc(C(F)(F)F)[nH]n2)sc1C. The van der Waals surface area contributed by atoms with Gasteiger partial charge in [-0.3, -0.25) is 5.10 Å². The van der Waals surface area contributed by atoms with E-state index in [9.17, 15) is 21.6 Å². The van der Waals surface area contributed by atoms with E-state index in [1.54, 1.807) is 6.92 Å². The number of nitrogens with one attached hydrogen (secondary N) is 1. The summed E-state index contributed by atoms with van der Waals surface area (Å²) in [6, 6.07) is 2.05. The van der Waals surface area contributed by atoms with Crippen molar-refractivity contribution in [3.05, 3.63) is 22.7 Å². The number of halogens is 3. The smallest absolute Gasteiger partial charge is 0.383 e. The number of ether oxygens (including phenoxy) is 1. The molecule has 26 heavy (non-hydrogen) atoms. The van der Waals surface area contributed by atoms with Crippen molar-refractivity contribution >= 4 is 21.4 Å². The summed E-state index contributed by atoms with van der Waals surface area (Å²) in [6.07, 6.45) is -3.07. The Morgan fingerprint density at radius 2 is 2.15 bits per heavy atom. The van der Waals surface area contributed by atoms with Gasteiger partial charge in [0.05, 0.1) is 16.4 Å². The first-order valence-electron chi connectivity index (χ1n) is 7.88. The third-order valence-electron chi connectivity index (χ3n) is 4.28. The Hall–Kier alpha value is -1.43. The fourth-order valence-electron chi connectivity index (χ4n) is 3.05. The normalized spacial score (nSPS) is 19.3. The molecule has 11 heteroatoms. The van der Waals surface area contributed by atoms with E-state index in [0.29, 0.717) is 22.9 Å². The van der Waals surface area contributed by atoms with Crippen LogP contribution in [0.15, 0.2) is 17.0 Å². The minimum Gasteiger partial charge on any atom is -0.383 e. The van der Waals surface area contributed by atoms with Crippen LogP contribution in [0.4, 0.5) is 13.2 Å². The zero-order valence-electron chi connectivity index (χ0n) is 14.1. The second-order valence-electron chi connectivity index (χ2n) is 6.06. The molecule has 0 spiro atoms. The molecule has 0 amide bonds. The summed E-state index contributed by atoms with van der Waals surface area (Å²) in [5.74, 6) is 0. The van der Waals surface area contributed by atoms with E-state index in [4.69, 9.17) is 4.74 Å².